The highest BCUT2D eigenvalue weighted by Gasteiger charge is 2.53. The molecule has 0 spiro atoms. The highest BCUT2D eigenvalue weighted by Crippen LogP contribution is 2.44. The van der Waals surface area contributed by atoms with Gasteiger partial charge in [-0.2, -0.15) is 0 Å². The molecular formula is C26H28F2N2O5. The number of hydrogen-bond donors (Lipinski definition) is 2. The van der Waals surface area contributed by atoms with E-state index in [2.05, 4.69) is 17.4 Å². The van der Waals surface area contributed by atoms with Gasteiger partial charge in [0, 0.05) is 25.4 Å². The minimum absolute atomic E-state index is 0.00401. The van der Waals surface area contributed by atoms with Crippen molar-refractivity contribution in [1.29, 1.82) is 0 Å². The van der Waals surface area contributed by atoms with Gasteiger partial charge >= 0.3 is 12.1 Å². The number of rotatable bonds is 8. The maximum atomic E-state index is 13.8. The van der Waals surface area contributed by atoms with Gasteiger partial charge in [0.2, 0.25) is 5.91 Å². The summed E-state index contributed by atoms with van der Waals surface area (Å²) in [5, 5.41) is 11.6. The van der Waals surface area contributed by atoms with E-state index in [9.17, 15) is 23.2 Å². The van der Waals surface area contributed by atoms with Gasteiger partial charge in [0.15, 0.2) is 0 Å². The van der Waals surface area contributed by atoms with Crippen molar-refractivity contribution in [3.63, 3.8) is 0 Å². The lowest BCUT2D eigenvalue weighted by Crippen LogP contribution is -2.33. The summed E-state index contributed by atoms with van der Waals surface area (Å²) >= 11 is 0. The van der Waals surface area contributed by atoms with Crippen LogP contribution in [-0.4, -0.2) is 60.1 Å². The monoisotopic (exact) mass is 486 g/mol. The van der Waals surface area contributed by atoms with Gasteiger partial charge in [-0.3, -0.25) is 9.59 Å². The minimum atomic E-state index is -3.43. The van der Waals surface area contributed by atoms with E-state index in [1.807, 2.05) is 43.3 Å². The van der Waals surface area contributed by atoms with Crippen LogP contribution in [0.1, 0.15) is 36.8 Å². The summed E-state index contributed by atoms with van der Waals surface area (Å²) in [6, 6.07) is 16.1. The van der Waals surface area contributed by atoms with E-state index in [0.717, 1.165) is 27.2 Å². The molecule has 1 aliphatic heterocycles. The Morgan fingerprint density at radius 2 is 1.71 bits per heavy atom. The predicted octanol–water partition coefficient (Wildman–Crippen LogP) is 4.12. The maximum absolute atomic E-state index is 13.8. The number of nitrogens with zero attached hydrogens (tertiary/aromatic N) is 1. The van der Waals surface area contributed by atoms with Crippen molar-refractivity contribution in [2.45, 2.75) is 31.6 Å². The fourth-order valence-corrected chi connectivity index (χ4v) is 4.77. The van der Waals surface area contributed by atoms with Crippen molar-refractivity contribution in [3.05, 3.63) is 59.7 Å². The van der Waals surface area contributed by atoms with E-state index >= 15 is 0 Å². The third-order valence-corrected chi connectivity index (χ3v) is 6.75. The molecule has 2 atom stereocenters. The number of alkyl carbamates (subject to hydrolysis) is 1. The molecular weight excluding hydrogens is 458 g/mol. The van der Waals surface area contributed by atoms with Crippen molar-refractivity contribution < 1.29 is 33.0 Å². The predicted molar refractivity (Wildman–Crippen MR) is 124 cm³/mol. The van der Waals surface area contributed by atoms with Crippen LogP contribution in [0.25, 0.3) is 11.1 Å². The van der Waals surface area contributed by atoms with Crippen molar-refractivity contribution in [3.8, 4) is 11.1 Å². The molecule has 0 bridgehead atoms. The third-order valence-electron chi connectivity index (χ3n) is 6.75. The van der Waals surface area contributed by atoms with Crippen LogP contribution in [0.5, 0.6) is 0 Å². The number of benzene rings is 2. The first kappa shape index (κ1) is 24.6. The number of amides is 2. The highest BCUT2D eigenvalue weighted by molar-refractivity contribution is 5.80. The van der Waals surface area contributed by atoms with Crippen LogP contribution in [0.2, 0.25) is 0 Å². The molecule has 2 N–H and O–H groups in total. The number of halogens is 2. The number of likely N-dealkylation sites (tertiary alicyclic amines) is 1. The summed E-state index contributed by atoms with van der Waals surface area (Å²) in [4.78, 5) is 36.5. The second kappa shape index (κ2) is 10.0. The Morgan fingerprint density at radius 3 is 2.29 bits per heavy atom. The van der Waals surface area contributed by atoms with Gasteiger partial charge in [-0.15, -0.1) is 0 Å². The fourth-order valence-electron chi connectivity index (χ4n) is 4.77. The van der Waals surface area contributed by atoms with Gasteiger partial charge in [-0.1, -0.05) is 55.5 Å². The smallest absolute Gasteiger partial charge is 0.407 e. The van der Waals surface area contributed by atoms with E-state index in [1.165, 1.54) is 0 Å². The maximum Gasteiger partial charge on any atom is 0.407 e. The molecule has 2 aromatic carbocycles. The van der Waals surface area contributed by atoms with E-state index in [-0.39, 0.29) is 31.4 Å². The first-order valence-corrected chi connectivity index (χ1v) is 11.6. The summed E-state index contributed by atoms with van der Waals surface area (Å²) in [6.45, 7) is 0.914. The Kier molecular flexibility index (Phi) is 7.05. The number of carbonyl (C=O) groups is 3. The summed E-state index contributed by atoms with van der Waals surface area (Å²) in [7, 11) is 0. The van der Waals surface area contributed by atoms with Gasteiger partial charge in [-0.05, 0) is 34.6 Å². The second-order valence-electron chi connectivity index (χ2n) is 9.28. The average Bonchev–Trinajstić information content (AvgIpc) is 3.34. The molecule has 2 aromatic rings. The van der Waals surface area contributed by atoms with E-state index in [0.29, 0.717) is 6.42 Å². The summed E-state index contributed by atoms with van der Waals surface area (Å²) < 4.78 is 33.1. The second-order valence-corrected chi connectivity index (χ2v) is 9.28. The molecule has 2 amide bonds. The summed E-state index contributed by atoms with van der Waals surface area (Å²) in [6.07, 6.45) is -0.202. The topological polar surface area (TPSA) is 95.9 Å². The zero-order chi connectivity index (χ0) is 25.2. The number of alkyl halides is 2. The number of fused-ring (bicyclic) bond motifs is 3. The number of carboxylic acid groups (broad SMARTS) is 1. The molecule has 2 aliphatic rings. The molecule has 0 aromatic heterocycles. The molecule has 1 heterocycles. The van der Waals surface area contributed by atoms with Crippen molar-refractivity contribution in [1.82, 2.24) is 10.2 Å². The number of carboxylic acids is 1. The average molecular weight is 487 g/mol. The Morgan fingerprint density at radius 1 is 1.11 bits per heavy atom. The third kappa shape index (κ3) is 5.28. The lowest BCUT2D eigenvalue weighted by molar-refractivity contribution is -0.151. The van der Waals surface area contributed by atoms with Crippen LogP contribution >= 0.6 is 0 Å². The van der Waals surface area contributed by atoms with Gasteiger partial charge in [0.1, 0.15) is 12.5 Å². The largest absolute Gasteiger partial charge is 0.481 e. The molecule has 9 heteroatoms. The summed E-state index contributed by atoms with van der Waals surface area (Å²) in [5.74, 6) is -7.57. The van der Waals surface area contributed by atoms with Crippen LogP contribution < -0.4 is 5.32 Å². The lowest BCUT2D eigenvalue weighted by Gasteiger charge is -2.18. The molecule has 0 saturated carbocycles. The van der Waals surface area contributed by atoms with Crippen LogP contribution in [0.4, 0.5) is 13.6 Å². The lowest BCUT2D eigenvalue weighted by atomic mass is 9.98. The number of carbonyl (C=O) groups excluding carboxylic acids is 2. The summed E-state index contributed by atoms with van der Waals surface area (Å²) in [5.41, 5.74) is 4.51. The molecule has 0 radical (unpaired) electrons. The van der Waals surface area contributed by atoms with E-state index in [1.54, 1.807) is 0 Å². The highest BCUT2D eigenvalue weighted by atomic mass is 19.3. The number of ether oxygens (including phenoxy) is 1. The Balaban J connectivity index is 1.21. The Bertz CT molecular complexity index is 1080. The van der Waals surface area contributed by atoms with Gasteiger partial charge in [0.05, 0.1) is 6.54 Å². The van der Waals surface area contributed by atoms with Gasteiger partial charge < -0.3 is 20.1 Å². The molecule has 35 heavy (non-hydrogen) atoms. The fraction of sp³-hybridized carbons (Fsp3) is 0.423. The first-order valence-electron chi connectivity index (χ1n) is 11.6. The normalized spacial score (nSPS) is 19.1. The minimum Gasteiger partial charge on any atom is -0.481 e. The number of aliphatic carboxylic acids is 1. The van der Waals surface area contributed by atoms with Crippen LogP contribution in [0.15, 0.2) is 48.5 Å². The van der Waals surface area contributed by atoms with Crippen molar-refractivity contribution >= 4 is 18.0 Å². The molecule has 2 unspecified atom stereocenters. The van der Waals surface area contributed by atoms with Crippen LogP contribution in [0.3, 0.4) is 0 Å². The van der Waals surface area contributed by atoms with Crippen molar-refractivity contribution in [2.24, 2.45) is 11.8 Å². The van der Waals surface area contributed by atoms with E-state index < -0.39 is 42.9 Å². The first-order chi connectivity index (χ1) is 16.7. The zero-order valence-corrected chi connectivity index (χ0v) is 19.4. The van der Waals surface area contributed by atoms with Gasteiger partial charge in [0.25, 0.3) is 5.92 Å². The van der Waals surface area contributed by atoms with Gasteiger partial charge in [-0.25, -0.2) is 13.6 Å². The van der Waals surface area contributed by atoms with Crippen LogP contribution in [0, 0.1) is 11.8 Å². The molecule has 7 nitrogen and oxygen atoms in total. The quantitative estimate of drug-likeness (QED) is 0.585. The van der Waals surface area contributed by atoms with Crippen LogP contribution in [-0.2, 0) is 14.3 Å². The molecule has 186 valence electrons. The molecule has 4 rings (SSSR count). The SMILES string of the molecule is CC(CCC(=O)N1CC(C(=O)O)C(F)(F)C1)CNC(=O)OCC1c2ccccc2-c2ccccc21. The number of nitrogens with one attached hydrogen (secondary N) is 1. The Labute approximate surface area is 202 Å². The Hall–Kier alpha value is -3.49. The molecule has 1 saturated heterocycles. The standard InChI is InChI=1S/C26H28F2N2O5/c1-16(10-11-23(31)30-13-22(24(32)33)26(27,28)15-30)12-29-25(34)35-14-21-19-8-4-2-6-17(19)18-7-3-5-9-20(18)21/h2-9,16,21-22H,10-15H2,1H3,(H,29,34)(H,32,33). The van der Waals surface area contributed by atoms with E-state index in [4.69, 9.17) is 9.84 Å². The number of hydrogen-bond acceptors (Lipinski definition) is 4. The zero-order valence-electron chi connectivity index (χ0n) is 19.4. The molecule has 1 aliphatic carbocycles. The van der Waals surface area contributed by atoms with Crippen molar-refractivity contribution in [2.75, 3.05) is 26.2 Å². The molecule has 1 fully saturated rings.